The number of hydrogen-bond donors (Lipinski definition) is 2. The summed E-state index contributed by atoms with van der Waals surface area (Å²) in [7, 11) is 0. The van der Waals surface area contributed by atoms with Crippen molar-refractivity contribution in [2.24, 2.45) is 0 Å². The predicted molar refractivity (Wildman–Crippen MR) is 97.7 cm³/mol. The maximum absolute atomic E-state index is 12.6. The Bertz CT molecular complexity index is 574. The zero-order valence-corrected chi connectivity index (χ0v) is 15.3. The SMILES string of the molecule is CC(C)(O)CCc1ccc(C(=O)N[C@@H]2COC[C@H]2N2CCCC2)cc1. The van der Waals surface area contributed by atoms with Gasteiger partial charge in [-0.05, 0) is 70.3 Å². The largest absolute Gasteiger partial charge is 0.390 e. The van der Waals surface area contributed by atoms with E-state index in [1.807, 2.05) is 38.1 Å². The first-order valence-electron chi connectivity index (χ1n) is 9.36. The molecule has 138 valence electrons. The molecule has 2 atom stereocenters. The van der Waals surface area contributed by atoms with Gasteiger partial charge in [0.15, 0.2) is 0 Å². The number of likely N-dealkylation sites (tertiary alicyclic amines) is 1. The number of amides is 1. The quantitative estimate of drug-likeness (QED) is 0.827. The van der Waals surface area contributed by atoms with Gasteiger partial charge in [0.2, 0.25) is 0 Å². The Morgan fingerprint density at radius 1 is 1.24 bits per heavy atom. The van der Waals surface area contributed by atoms with Gasteiger partial charge in [-0.25, -0.2) is 0 Å². The second-order valence-electron chi connectivity index (χ2n) is 7.94. The minimum Gasteiger partial charge on any atom is -0.390 e. The van der Waals surface area contributed by atoms with Crippen LogP contribution >= 0.6 is 0 Å². The molecular formula is C20H30N2O3. The molecule has 1 aromatic carbocycles. The van der Waals surface area contributed by atoms with Gasteiger partial charge in [-0.15, -0.1) is 0 Å². The summed E-state index contributed by atoms with van der Waals surface area (Å²) >= 11 is 0. The Morgan fingerprint density at radius 2 is 1.92 bits per heavy atom. The van der Waals surface area contributed by atoms with Crippen LogP contribution in [0.25, 0.3) is 0 Å². The molecule has 3 rings (SSSR count). The molecule has 2 N–H and O–H groups in total. The van der Waals surface area contributed by atoms with Crippen LogP contribution < -0.4 is 5.32 Å². The molecule has 0 bridgehead atoms. The first-order valence-corrected chi connectivity index (χ1v) is 9.36. The van der Waals surface area contributed by atoms with Crippen LogP contribution in [0.3, 0.4) is 0 Å². The normalized spacial score (nSPS) is 24.6. The van der Waals surface area contributed by atoms with Crippen molar-refractivity contribution < 1.29 is 14.6 Å². The molecule has 5 nitrogen and oxygen atoms in total. The van der Waals surface area contributed by atoms with E-state index in [-0.39, 0.29) is 11.9 Å². The van der Waals surface area contributed by atoms with E-state index in [2.05, 4.69) is 10.2 Å². The van der Waals surface area contributed by atoms with Crippen molar-refractivity contribution >= 4 is 5.91 Å². The summed E-state index contributed by atoms with van der Waals surface area (Å²) in [5.41, 5.74) is 1.15. The number of hydrogen-bond acceptors (Lipinski definition) is 4. The van der Waals surface area contributed by atoms with Crippen molar-refractivity contribution in [1.29, 1.82) is 0 Å². The van der Waals surface area contributed by atoms with Crippen LogP contribution in [0.5, 0.6) is 0 Å². The number of carbonyl (C=O) groups excluding carboxylic acids is 1. The average molecular weight is 346 g/mol. The van der Waals surface area contributed by atoms with Gasteiger partial charge in [0.1, 0.15) is 0 Å². The lowest BCUT2D eigenvalue weighted by Crippen LogP contribution is -2.50. The van der Waals surface area contributed by atoms with Gasteiger partial charge in [-0.2, -0.15) is 0 Å². The molecule has 0 aromatic heterocycles. The highest BCUT2D eigenvalue weighted by Gasteiger charge is 2.35. The topological polar surface area (TPSA) is 61.8 Å². The van der Waals surface area contributed by atoms with Crippen LogP contribution in [0.4, 0.5) is 0 Å². The summed E-state index contributed by atoms with van der Waals surface area (Å²) in [6, 6.07) is 8.07. The number of benzene rings is 1. The molecule has 25 heavy (non-hydrogen) atoms. The Kier molecular flexibility index (Phi) is 5.77. The van der Waals surface area contributed by atoms with E-state index in [4.69, 9.17) is 4.74 Å². The zero-order valence-electron chi connectivity index (χ0n) is 15.3. The van der Waals surface area contributed by atoms with Gasteiger partial charge in [-0.1, -0.05) is 12.1 Å². The van der Waals surface area contributed by atoms with Crippen LogP contribution in [-0.2, 0) is 11.2 Å². The van der Waals surface area contributed by atoms with E-state index in [1.165, 1.54) is 12.8 Å². The molecule has 0 spiro atoms. The summed E-state index contributed by atoms with van der Waals surface area (Å²) in [4.78, 5) is 15.0. The lowest BCUT2D eigenvalue weighted by molar-refractivity contribution is 0.0713. The highest BCUT2D eigenvalue weighted by molar-refractivity contribution is 5.94. The Labute approximate surface area is 150 Å². The number of nitrogens with one attached hydrogen (secondary N) is 1. The van der Waals surface area contributed by atoms with Crippen LogP contribution in [0, 0.1) is 0 Å². The highest BCUT2D eigenvalue weighted by Crippen LogP contribution is 2.20. The molecule has 1 aromatic rings. The molecule has 2 aliphatic heterocycles. The number of carbonyl (C=O) groups is 1. The van der Waals surface area contributed by atoms with Crippen molar-refractivity contribution in [3.05, 3.63) is 35.4 Å². The highest BCUT2D eigenvalue weighted by atomic mass is 16.5. The van der Waals surface area contributed by atoms with Crippen LogP contribution in [0.1, 0.15) is 49.0 Å². The van der Waals surface area contributed by atoms with E-state index in [1.54, 1.807) is 0 Å². The van der Waals surface area contributed by atoms with E-state index in [0.29, 0.717) is 31.2 Å². The van der Waals surface area contributed by atoms with Gasteiger partial charge < -0.3 is 15.2 Å². The van der Waals surface area contributed by atoms with E-state index >= 15 is 0 Å². The van der Waals surface area contributed by atoms with Gasteiger partial charge in [-0.3, -0.25) is 9.69 Å². The summed E-state index contributed by atoms with van der Waals surface area (Å²) in [5.74, 6) is -0.0336. The minimum absolute atomic E-state index is 0.0336. The number of nitrogens with zero attached hydrogens (tertiary/aromatic N) is 1. The van der Waals surface area contributed by atoms with Gasteiger partial charge in [0.05, 0.1) is 30.9 Å². The van der Waals surface area contributed by atoms with Crippen LogP contribution in [0.2, 0.25) is 0 Å². The summed E-state index contributed by atoms with van der Waals surface area (Å²) in [5, 5.41) is 13.0. The maximum atomic E-state index is 12.6. The first-order chi connectivity index (χ1) is 11.9. The standard InChI is InChI=1S/C20H30N2O3/c1-20(2,24)10-9-15-5-7-16(8-6-15)19(23)21-17-13-25-14-18(17)22-11-3-4-12-22/h5-8,17-18,24H,3-4,9-14H2,1-2H3,(H,21,23)/t17-,18-/m1/s1. The molecule has 2 saturated heterocycles. The summed E-state index contributed by atoms with van der Waals surface area (Å²) in [6.45, 7) is 7.15. The van der Waals surface area contributed by atoms with Gasteiger partial charge >= 0.3 is 0 Å². The van der Waals surface area contributed by atoms with Crippen LogP contribution in [0.15, 0.2) is 24.3 Å². The van der Waals surface area contributed by atoms with Crippen LogP contribution in [-0.4, -0.2) is 59.9 Å². The Morgan fingerprint density at radius 3 is 2.56 bits per heavy atom. The average Bonchev–Trinajstić information content (AvgIpc) is 3.23. The predicted octanol–water partition coefficient (Wildman–Crippen LogP) is 1.98. The third-order valence-electron chi connectivity index (χ3n) is 5.22. The molecule has 2 aliphatic rings. The summed E-state index contributed by atoms with van der Waals surface area (Å²) in [6.07, 6.45) is 3.99. The molecule has 5 heteroatoms. The van der Waals surface area contributed by atoms with Crippen molar-refractivity contribution in [3.63, 3.8) is 0 Å². The molecule has 0 aliphatic carbocycles. The van der Waals surface area contributed by atoms with Crippen molar-refractivity contribution in [1.82, 2.24) is 10.2 Å². The fourth-order valence-corrected chi connectivity index (χ4v) is 3.64. The molecular weight excluding hydrogens is 316 g/mol. The third kappa shape index (κ3) is 5.03. The Hall–Kier alpha value is -1.43. The smallest absolute Gasteiger partial charge is 0.251 e. The minimum atomic E-state index is -0.664. The number of rotatable bonds is 6. The monoisotopic (exact) mass is 346 g/mol. The molecule has 0 unspecified atom stereocenters. The lowest BCUT2D eigenvalue weighted by Gasteiger charge is -2.27. The van der Waals surface area contributed by atoms with Crippen molar-refractivity contribution in [3.8, 4) is 0 Å². The van der Waals surface area contributed by atoms with E-state index in [9.17, 15) is 9.90 Å². The van der Waals surface area contributed by atoms with E-state index in [0.717, 1.165) is 25.1 Å². The van der Waals surface area contributed by atoms with Gasteiger partial charge in [0.25, 0.3) is 5.91 Å². The first kappa shape index (κ1) is 18.4. The molecule has 2 fully saturated rings. The number of aliphatic hydroxyl groups is 1. The number of aryl methyl sites for hydroxylation is 1. The maximum Gasteiger partial charge on any atom is 0.251 e. The summed E-state index contributed by atoms with van der Waals surface area (Å²) < 4.78 is 5.62. The Balaban J connectivity index is 1.55. The second-order valence-corrected chi connectivity index (χ2v) is 7.94. The lowest BCUT2D eigenvalue weighted by atomic mass is 9.98. The molecule has 2 heterocycles. The van der Waals surface area contributed by atoms with E-state index < -0.39 is 5.60 Å². The third-order valence-corrected chi connectivity index (χ3v) is 5.22. The fourth-order valence-electron chi connectivity index (χ4n) is 3.64. The van der Waals surface area contributed by atoms with Crippen molar-refractivity contribution in [2.75, 3.05) is 26.3 Å². The zero-order chi connectivity index (χ0) is 17.9. The van der Waals surface area contributed by atoms with Crippen molar-refractivity contribution in [2.45, 2.75) is 57.2 Å². The second kappa shape index (κ2) is 7.85. The molecule has 0 saturated carbocycles. The molecule has 0 radical (unpaired) electrons. The fraction of sp³-hybridized carbons (Fsp3) is 0.650. The van der Waals surface area contributed by atoms with Gasteiger partial charge in [0, 0.05) is 5.56 Å². The molecule has 1 amide bonds. The number of ether oxygens (including phenoxy) is 1.